The van der Waals surface area contributed by atoms with Crippen LogP contribution in [0.25, 0.3) is 40.3 Å². The Morgan fingerprint density at radius 1 is 0.339 bits per heavy atom. The topological polar surface area (TPSA) is 34.1 Å². The maximum absolute atomic E-state index is 13.5. The van der Waals surface area contributed by atoms with Crippen LogP contribution in [0.2, 0.25) is 0 Å². The second kappa shape index (κ2) is 17.2. The van der Waals surface area contributed by atoms with Gasteiger partial charge in [0.1, 0.15) is 0 Å². The van der Waals surface area contributed by atoms with Gasteiger partial charge in [0.2, 0.25) is 0 Å². The molecule has 59 heavy (non-hydrogen) atoms. The summed E-state index contributed by atoms with van der Waals surface area (Å²) in [7, 11) is -0.506. The lowest BCUT2D eigenvalue weighted by Crippen LogP contribution is -2.07. The third-order valence-corrected chi connectivity index (χ3v) is 17.0. The molecule has 0 unspecified atom stereocenters. The van der Waals surface area contributed by atoms with Crippen LogP contribution < -0.4 is 10.9 Å². The fraction of sp³-hybridized carbons (Fsp3) is 0.0566. The van der Waals surface area contributed by atoms with Crippen molar-refractivity contribution in [3.63, 3.8) is 0 Å². The first-order chi connectivity index (χ1) is 28.9. The van der Waals surface area contributed by atoms with Crippen LogP contribution in [-0.2, 0) is 21.8 Å². The lowest BCUT2D eigenvalue weighted by molar-refractivity contribution is 0.869. The van der Waals surface area contributed by atoms with Gasteiger partial charge < -0.3 is 0 Å². The lowest BCUT2D eigenvalue weighted by Gasteiger charge is -2.10. The molecule has 0 aliphatic carbocycles. The van der Waals surface area contributed by atoms with Crippen molar-refractivity contribution < 1.29 is 0 Å². The van der Waals surface area contributed by atoms with E-state index in [0.29, 0.717) is 5.92 Å². The SMILES string of the molecule is CC(C)c1ccc2sc3ccc([S+](c4ccccc4)c4ccccc4)cc3c(=O)c2c1.O=c1c2ccccc2sc2ccc([S+](c3ccccc3)c3ccccc3)cc12. The van der Waals surface area contributed by atoms with Gasteiger partial charge in [-0.15, -0.1) is 22.7 Å². The van der Waals surface area contributed by atoms with Crippen LogP contribution in [0.5, 0.6) is 0 Å². The van der Waals surface area contributed by atoms with Crippen LogP contribution >= 0.6 is 22.7 Å². The molecule has 10 aromatic rings. The zero-order valence-electron chi connectivity index (χ0n) is 32.6. The highest BCUT2D eigenvalue weighted by atomic mass is 32.2. The van der Waals surface area contributed by atoms with Gasteiger partial charge in [-0.2, -0.15) is 0 Å². The van der Waals surface area contributed by atoms with E-state index in [1.54, 1.807) is 22.7 Å². The van der Waals surface area contributed by atoms with Crippen LogP contribution in [0.1, 0.15) is 25.3 Å². The van der Waals surface area contributed by atoms with Crippen molar-refractivity contribution in [2.24, 2.45) is 0 Å². The van der Waals surface area contributed by atoms with Gasteiger partial charge >= 0.3 is 0 Å². The van der Waals surface area contributed by atoms with E-state index in [0.717, 1.165) is 40.3 Å². The quantitative estimate of drug-likeness (QED) is 0.118. The molecule has 8 aromatic carbocycles. The Morgan fingerprint density at radius 3 is 1.10 bits per heavy atom. The highest BCUT2D eigenvalue weighted by Gasteiger charge is 2.30. The predicted molar refractivity (Wildman–Crippen MR) is 255 cm³/mol. The molecule has 0 atom stereocenters. The van der Waals surface area contributed by atoms with E-state index in [-0.39, 0.29) is 32.6 Å². The summed E-state index contributed by atoms with van der Waals surface area (Å²) in [5.41, 5.74) is 1.47. The van der Waals surface area contributed by atoms with E-state index in [2.05, 4.69) is 166 Å². The van der Waals surface area contributed by atoms with Crippen molar-refractivity contribution in [3.05, 3.63) is 226 Å². The smallest absolute Gasteiger partial charge is 0.196 e. The minimum Gasteiger partial charge on any atom is -0.288 e. The van der Waals surface area contributed by atoms with Crippen molar-refractivity contribution in [2.45, 2.75) is 49.1 Å². The normalized spacial score (nSPS) is 11.5. The predicted octanol–water partition coefficient (Wildman–Crippen LogP) is 14.1. The fourth-order valence-electron chi connectivity index (χ4n) is 7.29. The van der Waals surface area contributed by atoms with Gasteiger partial charge in [0.15, 0.2) is 40.2 Å². The average molecular weight is 837 g/mol. The van der Waals surface area contributed by atoms with E-state index in [1.807, 2.05) is 48.5 Å². The molecule has 286 valence electrons. The summed E-state index contributed by atoms with van der Waals surface area (Å²) in [5.74, 6) is 0.401. The molecule has 0 saturated heterocycles. The minimum absolute atomic E-state index is 0.121. The third kappa shape index (κ3) is 8.02. The molecular formula is C53H40O2S4+2. The number of benzene rings is 8. The molecule has 2 aromatic heterocycles. The van der Waals surface area contributed by atoms with Crippen molar-refractivity contribution in [2.75, 3.05) is 0 Å². The minimum atomic E-state index is -0.259. The first-order valence-corrected chi connectivity index (χ1v) is 23.7. The Kier molecular flexibility index (Phi) is 11.3. The summed E-state index contributed by atoms with van der Waals surface area (Å²) in [6, 6.07) is 69.2. The standard InChI is InChI=1S/C28H23OS2.C25H17OS2/c1-19(2)20-13-15-26-24(17-20)28(29)25-18-23(14-16-27(25)30-26)31(21-9-5-3-6-10-21)22-11-7-4-8-12-22;26-25-21-13-7-8-14-23(21)27-24-16-15-20(17-22(24)25)28(18-9-3-1-4-10-18)19-11-5-2-6-12-19/h3-19H,1-2H3;1-17H/q2*+1. The van der Waals surface area contributed by atoms with Gasteiger partial charge in [-0.3, -0.25) is 9.59 Å². The highest BCUT2D eigenvalue weighted by molar-refractivity contribution is 7.97. The van der Waals surface area contributed by atoms with Gasteiger partial charge in [0.25, 0.3) is 0 Å². The molecule has 0 bridgehead atoms. The van der Waals surface area contributed by atoms with E-state index in [1.165, 1.54) is 34.9 Å². The maximum Gasteiger partial charge on any atom is 0.196 e. The number of fused-ring (bicyclic) bond motifs is 4. The molecule has 0 N–H and O–H groups in total. The molecule has 2 heterocycles. The summed E-state index contributed by atoms with van der Waals surface area (Å²) in [6.07, 6.45) is 0. The average Bonchev–Trinajstić information content (AvgIpc) is 3.29. The summed E-state index contributed by atoms with van der Waals surface area (Å²) >= 11 is 3.38. The van der Waals surface area contributed by atoms with Gasteiger partial charge in [-0.05, 0) is 109 Å². The Bertz CT molecular complexity index is 3100. The zero-order valence-corrected chi connectivity index (χ0v) is 35.8. The largest absolute Gasteiger partial charge is 0.288 e. The second-order valence-corrected chi connectivity index (χ2v) is 20.7. The first-order valence-electron chi connectivity index (χ1n) is 19.6. The number of hydrogen-bond acceptors (Lipinski definition) is 4. The summed E-state index contributed by atoms with van der Waals surface area (Å²) in [5, 5.41) is 3.27. The Morgan fingerprint density at radius 2 is 0.678 bits per heavy atom. The van der Waals surface area contributed by atoms with Crippen LogP contribution in [0.3, 0.4) is 0 Å². The summed E-state index contributed by atoms with van der Waals surface area (Å²) < 4.78 is 4.18. The van der Waals surface area contributed by atoms with Crippen LogP contribution in [0.4, 0.5) is 0 Å². The van der Waals surface area contributed by atoms with Gasteiger partial charge in [0, 0.05) is 52.5 Å². The molecule has 0 spiro atoms. The Hall–Kier alpha value is -5.76. The monoisotopic (exact) mass is 836 g/mol. The van der Waals surface area contributed by atoms with Crippen molar-refractivity contribution in [3.8, 4) is 0 Å². The third-order valence-electron chi connectivity index (χ3n) is 10.3. The van der Waals surface area contributed by atoms with E-state index < -0.39 is 0 Å². The van der Waals surface area contributed by atoms with E-state index in [4.69, 9.17) is 0 Å². The molecular weight excluding hydrogens is 797 g/mol. The molecule has 0 saturated carbocycles. The van der Waals surface area contributed by atoms with Gasteiger partial charge in [-0.25, -0.2) is 0 Å². The zero-order chi connectivity index (χ0) is 40.3. The molecule has 0 amide bonds. The van der Waals surface area contributed by atoms with Gasteiger partial charge in [0.05, 0.1) is 21.8 Å². The number of hydrogen-bond donors (Lipinski definition) is 0. The first kappa shape index (κ1) is 38.7. The van der Waals surface area contributed by atoms with Crippen molar-refractivity contribution in [1.29, 1.82) is 0 Å². The second-order valence-electron chi connectivity index (χ2n) is 14.4. The van der Waals surface area contributed by atoms with Crippen LogP contribution in [0.15, 0.2) is 239 Å². The van der Waals surface area contributed by atoms with Gasteiger partial charge in [-0.1, -0.05) is 105 Å². The van der Waals surface area contributed by atoms with Crippen LogP contribution in [0, 0.1) is 0 Å². The Balaban J connectivity index is 0.000000153. The summed E-state index contributed by atoms with van der Waals surface area (Å²) in [4.78, 5) is 34.0. The molecule has 0 fully saturated rings. The molecule has 10 rings (SSSR count). The maximum atomic E-state index is 13.5. The van der Waals surface area contributed by atoms with E-state index in [9.17, 15) is 9.59 Å². The molecule has 6 heteroatoms. The van der Waals surface area contributed by atoms with Crippen molar-refractivity contribution in [1.82, 2.24) is 0 Å². The molecule has 0 radical (unpaired) electrons. The summed E-state index contributed by atoms with van der Waals surface area (Å²) in [6.45, 7) is 4.33. The molecule has 2 nitrogen and oxygen atoms in total. The Labute approximate surface area is 357 Å². The number of rotatable bonds is 7. The van der Waals surface area contributed by atoms with Crippen molar-refractivity contribution >= 4 is 84.8 Å². The van der Waals surface area contributed by atoms with Crippen LogP contribution in [-0.4, -0.2) is 0 Å². The molecule has 0 aliphatic heterocycles. The van der Waals surface area contributed by atoms with E-state index >= 15 is 0 Å². The highest BCUT2D eigenvalue weighted by Crippen LogP contribution is 2.36. The lowest BCUT2D eigenvalue weighted by atomic mass is 10.0. The fourth-order valence-corrected chi connectivity index (χ4v) is 13.6. The molecule has 0 aliphatic rings.